The van der Waals surface area contributed by atoms with E-state index in [0.717, 1.165) is 13.0 Å². The summed E-state index contributed by atoms with van der Waals surface area (Å²) in [6.45, 7) is 2.10. The van der Waals surface area contributed by atoms with Gasteiger partial charge in [-0.25, -0.2) is 4.39 Å². The van der Waals surface area contributed by atoms with Crippen LogP contribution in [0.3, 0.4) is 0 Å². The minimum atomic E-state index is -0.276. The molecule has 1 aliphatic heterocycles. The van der Waals surface area contributed by atoms with Crippen LogP contribution in [0.1, 0.15) is 23.4 Å². The molecule has 1 fully saturated rings. The molecule has 0 bridgehead atoms. The van der Waals surface area contributed by atoms with Gasteiger partial charge in [-0.15, -0.1) is 0 Å². The monoisotopic (exact) mass is 318 g/mol. The van der Waals surface area contributed by atoms with E-state index in [1.807, 2.05) is 0 Å². The first kappa shape index (κ1) is 15.7. The van der Waals surface area contributed by atoms with Crippen molar-refractivity contribution in [2.45, 2.75) is 19.3 Å². The predicted octanol–water partition coefficient (Wildman–Crippen LogP) is 2.10. The van der Waals surface area contributed by atoms with Crippen LogP contribution in [0.25, 0.3) is 0 Å². The van der Waals surface area contributed by atoms with Crippen molar-refractivity contribution >= 4 is 5.91 Å². The van der Waals surface area contributed by atoms with Gasteiger partial charge in [-0.2, -0.15) is 0 Å². The first-order valence-electron chi connectivity index (χ1n) is 7.73. The van der Waals surface area contributed by atoms with Crippen LogP contribution >= 0.6 is 0 Å². The highest BCUT2D eigenvalue weighted by molar-refractivity contribution is 5.78. The van der Waals surface area contributed by atoms with Gasteiger partial charge in [0, 0.05) is 31.6 Å². The minimum absolute atomic E-state index is 0.0948. The number of hydrogen-bond acceptors (Lipinski definition) is 4. The molecule has 122 valence electrons. The molecule has 1 atom stereocenters. The van der Waals surface area contributed by atoms with E-state index >= 15 is 0 Å². The molecule has 1 unspecified atom stereocenters. The number of halogens is 1. The molecule has 0 radical (unpaired) electrons. The fraction of sp³-hybridized carbons (Fsp3) is 0.412. The molecule has 2 aromatic rings. The molecule has 1 aromatic carbocycles. The summed E-state index contributed by atoms with van der Waals surface area (Å²) in [4.78, 5) is 11.9. The molecule has 5 nitrogen and oxygen atoms in total. The molecule has 0 spiro atoms. The first-order valence-corrected chi connectivity index (χ1v) is 7.73. The van der Waals surface area contributed by atoms with Crippen LogP contribution in [-0.4, -0.2) is 30.8 Å². The lowest BCUT2D eigenvalue weighted by Crippen LogP contribution is -2.30. The number of rotatable bonds is 6. The van der Waals surface area contributed by atoms with Gasteiger partial charge in [0.25, 0.3) is 0 Å². The summed E-state index contributed by atoms with van der Waals surface area (Å²) in [5.41, 5.74) is 1.09. The predicted molar refractivity (Wildman–Crippen MR) is 81.3 cm³/mol. The molecule has 1 N–H and O–H groups in total. The Bertz CT molecular complexity index is 665. The third-order valence-electron chi connectivity index (χ3n) is 3.88. The lowest BCUT2D eigenvalue weighted by Gasteiger charge is -2.08. The van der Waals surface area contributed by atoms with Gasteiger partial charge < -0.3 is 14.6 Å². The molecule has 1 saturated heterocycles. The minimum Gasteiger partial charge on any atom is -0.381 e. The third kappa shape index (κ3) is 4.39. The largest absolute Gasteiger partial charge is 0.381 e. The van der Waals surface area contributed by atoms with E-state index in [1.165, 1.54) is 6.07 Å². The number of nitrogens with one attached hydrogen (secondary N) is 1. The van der Waals surface area contributed by atoms with Gasteiger partial charge in [-0.1, -0.05) is 23.4 Å². The molecule has 23 heavy (non-hydrogen) atoms. The number of aromatic nitrogens is 1. The summed E-state index contributed by atoms with van der Waals surface area (Å²) < 4.78 is 24.1. The van der Waals surface area contributed by atoms with E-state index in [1.54, 1.807) is 24.3 Å². The number of amides is 1. The maximum atomic E-state index is 13.6. The number of carbonyl (C=O) groups excluding carboxylic acids is 1. The smallest absolute Gasteiger partial charge is 0.226 e. The lowest BCUT2D eigenvalue weighted by atomic mass is 10.1. The van der Waals surface area contributed by atoms with E-state index in [2.05, 4.69) is 10.5 Å². The third-order valence-corrected chi connectivity index (χ3v) is 3.88. The second kappa shape index (κ2) is 7.37. The van der Waals surface area contributed by atoms with Crippen molar-refractivity contribution in [2.75, 3.05) is 19.8 Å². The van der Waals surface area contributed by atoms with Crippen molar-refractivity contribution < 1.29 is 18.4 Å². The average molecular weight is 318 g/mol. The quantitative estimate of drug-likeness (QED) is 0.886. The summed E-state index contributed by atoms with van der Waals surface area (Å²) in [5.74, 6) is 0.569. The lowest BCUT2D eigenvalue weighted by molar-refractivity contribution is -0.120. The Kier molecular flexibility index (Phi) is 5.02. The molecule has 2 heterocycles. The first-order chi connectivity index (χ1) is 11.2. The molecule has 1 amide bonds. The molecular weight excluding hydrogens is 299 g/mol. The van der Waals surface area contributed by atoms with E-state index < -0.39 is 0 Å². The fourth-order valence-corrected chi connectivity index (χ4v) is 2.58. The molecule has 3 rings (SSSR count). The van der Waals surface area contributed by atoms with Crippen molar-refractivity contribution in [1.29, 1.82) is 0 Å². The summed E-state index contributed by atoms with van der Waals surface area (Å²) >= 11 is 0. The zero-order chi connectivity index (χ0) is 16.1. The Labute approximate surface area is 133 Å². The zero-order valence-corrected chi connectivity index (χ0v) is 12.8. The van der Waals surface area contributed by atoms with Crippen LogP contribution in [0, 0.1) is 11.7 Å². The Morgan fingerprint density at radius 2 is 2.26 bits per heavy atom. The molecule has 0 saturated carbocycles. The maximum Gasteiger partial charge on any atom is 0.226 e. The van der Waals surface area contributed by atoms with Crippen molar-refractivity contribution in [2.24, 2.45) is 5.92 Å². The Hall–Kier alpha value is -2.21. The highest BCUT2D eigenvalue weighted by atomic mass is 19.1. The highest BCUT2D eigenvalue weighted by Gasteiger charge is 2.17. The van der Waals surface area contributed by atoms with E-state index in [4.69, 9.17) is 9.26 Å². The van der Waals surface area contributed by atoms with Gasteiger partial charge in [-0.05, 0) is 18.1 Å². The van der Waals surface area contributed by atoms with Crippen LogP contribution in [-0.2, 0) is 22.4 Å². The summed E-state index contributed by atoms with van der Waals surface area (Å²) in [7, 11) is 0. The van der Waals surface area contributed by atoms with Gasteiger partial charge in [0.05, 0.1) is 18.7 Å². The van der Waals surface area contributed by atoms with Crippen molar-refractivity contribution in [3.05, 3.63) is 53.2 Å². The number of carbonyl (C=O) groups is 1. The SMILES string of the molecule is O=C(Cc1cc(Cc2ccccc2F)on1)NCC1CCOC1. The van der Waals surface area contributed by atoms with Crippen molar-refractivity contribution in [3.63, 3.8) is 0 Å². The van der Waals surface area contributed by atoms with Gasteiger partial charge in [0.2, 0.25) is 5.91 Å². The highest BCUT2D eigenvalue weighted by Crippen LogP contribution is 2.14. The molecule has 0 aliphatic carbocycles. The molecular formula is C17H19FN2O3. The van der Waals surface area contributed by atoms with Crippen LogP contribution in [0.15, 0.2) is 34.9 Å². The molecule has 6 heteroatoms. The second-order valence-corrected chi connectivity index (χ2v) is 5.76. The Balaban J connectivity index is 1.50. The molecule has 1 aliphatic rings. The number of hydrogen-bond donors (Lipinski definition) is 1. The standard InChI is InChI=1S/C17H19FN2O3/c18-16-4-2-1-3-13(16)7-15-8-14(20-23-15)9-17(21)19-10-12-5-6-22-11-12/h1-4,8,12H,5-7,9-11H2,(H,19,21). The second-order valence-electron chi connectivity index (χ2n) is 5.76. The van der Waals surface area contributed by atoms with E-state index in [0.29, 0.717) is 42.5 Å². The topological polar surface area (TPSA) is 64.4 Å². The van der Waals surface area contributed by atoms with Crippen LogP contribution < -0.4 is 5.32 Å². The average Bonchev–Trinajstić information content (AvgIpc) is 3.19. The van der Waals surface area contributed by atoms with Gasteiger partial charge in [0.15, 0.2) is 0 Å². The normalized spacial score (nSPS) is 17.3. The number of nitrogens with zero attached hydrogens (tertiary/aromatic N) is 1. The Morgan fingerprint density at radius 1 is 1.39 bits per heavy atom. The Morgan fingerprint density at radius 3 is 3.04 bits per heavy atom. The zero-order valence-electron chi connectivity index (χ0n) is 12.8. The van der Waals surface area contributed by atoms with Crippen LogP contribution in [0.4, 0.5) is 4.39 Å². The van der Waals surface area contributed by atoms with Crippen molar-refractivity contribution in [1.82, 2.24) is 10.5 Å². The van der Waals surface area contributed by atoms with Gasteiger partial charge >= 0.3 is 0 Å². The summed E-state index contributed by atoms with van der Waals surface area (Å²) in [6, 6.07) is 8.23. The van der Waals surface area contributed by atoms with Crippen LogP contribution in [0.5, 0.6) is 0 Å². The summed E-state index contributed by atoms with van der Waals surface area (Å²) in [6.07, 6.45) is 1.46. The van der Waals surface area contributed by atoms with Gasteiger partial charge in [-0.3, -0.25) is 4.79 Å². The van der Waals surface area contributed by atoms with Crippen LogP contribution in [0.2, 0.25) is 0 Å². The fourth-order valence-electron chi connectivity index (χ4n) is 2.58. The number of benzene rings is 1. The summed E-state index contributed by atoms with van der Waals surface area (Å²) in [5, 5.41) is 6.76. The van der Waals surface area contributed by atoms with E-state index in [9.17, 15) is 9.18 Å². The maximum absolute atomic E-state index is 13.6. The molecule has 1 aromatic heterocycles. The van der Waals surface area contributed by atoms with Crippen molar-refractivity contribution in [3.8, 4) is 0 Å². The van der Waals surface area contributed by atoms with E-state index in [-0.39, 0.29) is 18.1 Å². The number of ether oxygens (including phenoxy) is 1. The van der Waals surface area contributed by atoms with Gasteiger partial charge in [0.1, 0.15) is 11.6 Å².